The van der Waals surface area contributed by atoms with Gasteiger partial charge in [0.05, 0.1) is 5.92 Å². The van der Waals surface area contributed by atoms with Crippen molar-refractivity contribution < 1.29 is 19.5 Å². The summed E-state index contributed by atoms with van der Waals surface area (Å²) >= 11 is 1.24. The van der Waals surface area contributed by atoms with Gasteiger partial charge in [-0.3, -0.25) is 9.59 Å². The Balaban J connectivity index is 2.61. The summed E-state index contributed by atoms with van der Waals surface area (Å²) in [6, 6.07) is -0.163. The van der Waals surface area contributed by atoms with Crippen molar-refractivity contribution in [3.05, 3.63) is 0 Å². The number of nitrogens with zero attached hydrogens (tertiary/aromatic N) is 1. The number of nitrogens with one attached hydrogen (secondary N) is 1. The zero-order chi connectivity index (χ0) is 21.2. The van der Waals surface area contributed by atoms with Crippen LogP contribution >= 0.6 is 11.8 Å². The molecule has 1 rings (SSSR count). The summed E-state index contributed by atoms with van der Waals surface area (Å²) < 4.78 is 0. The number of carboxylic acid groups (broad SMARTS) is 1. The van der Waals surface area contributed by atoms with Crippen molar-refractivity contribution in [2.75, 3.05) is 25.4 Å². The molecule has 1 fully saturated rings. The summed E-state index contributed by atoms with van der Waals surface area (Å²) in [6.45, 7) is 8.43. The molecule has 6 nitrogen and oxygen atoms in total. The number of hydrogen-bond donors (Lipinski definition) is 2. The lowest BCUT2D eigenvalue weighted by Gasteiger charge is -2.31. The van der Waals surface area contributed by atoms with Crippen LogP contribution in [0.3, 0.4) is 0 Å². The molecule has 0 aromatic heterocycles. The Bertz CT molecular complexity index is 517. The van der Waals surface area contributed by atoms with E-state index in [-0.39, 0.29) is 11.1 Å². The van der Waals surface area contributed by atoms with Gasteiger partial charge in [0.25, 0.3) is 0 Å². The number of rotatable bonds is 10. The van der Waals surface area contributed by atoms with Crippen LogP contribution < -0.4 is 5.32 Å². The molecule has 28 heavy (non-hydrogen) atoms. The maximum Gasteiger partial charge on any atom is 0.317 e. The molecule has 0 bridgehead atoms. The number of aliphatic carboxylic acids is 1. The summed E-state index contributed by atoms with van der Waals surface area (Å²) in [5.74, 6) is -0.160. The van der Waals surface area contributed by atoms with Crippen LogP contribution in [0.2, 0.25) is 0 Å². The maximum absolute atomic E-state index is 12.8. The fourth-order valence-electron chi connectivity index (χ4n) is 3.51. The predicted octanol–water partition coefficient (Wildman–Crippen LogP) is 4.39. The molecule has 2 amide bonds. The van der Waals surface area contributed by atoms with Crippen molar-refractivity contribution in [3.8, 4) is 0 Å². The third-order valence-corrected chi connectivity index (χ3v) is 6.77. The van der Waals surface area contributed by atoms with E-state index in [1.807, 2.05) is 13.8 Å². The van der Waals surface area contributed by atoms with Crippen molar-refractivity contribution in [2.24, 2.45) is 17.3 Å². The van der Waals surface area contributed by atoms with Crippen LogP contribution in [0.15, 0.2) is 0 Å². The third-order valence-electron chi connectivity index (χ3n) is 5.97. The summed E-state index contributed by atoms with van der Waals surface area (Å²) in [7, 11) is 0. The number of thioether (sulfide) groups is 1. The molecule has 0 saturated heterocycles. The van der Waals surface area contributed by atoms with E-state index in [0.29, 0.717) is 31.3 Å². The van der Waals surface area contributed by atoms with Crippen LogP contribution in [-0.4, -0.2) is 52.5 Å². The first-order chi connectivity index (χ1) is 13.1. The molecule has 1 aliphatic rings. The molecule has 0 aliphatic heterocycles. The highest BCUT2D eigenvalue weighted by molar-refractivity contribution is 8.13. The van der Waals surface area contributed by atoms with Gasteiger partial charge in [-0.1, -0.05) is 71.1 Å². The highest BCUT2D eigenvalue weighted by Gasteiger charge is 2.32. The largest absolute Gasteiger partial charge is 0.481 e. The summed E-state index contributed by atoms with van der Waals surface area (Å²) in [5.41, 5.74) is -0.539. The summed E-state index contributed by atoms with van der Waals surface area (Å²) in [6.07, 6.45) is 8.64. The molecule has 0 aromatic rings. The van der Waals surface area contributed by atoms with Gasteiger partial charge < -0.3 is 15.3 Å². The van der Waals surface area contributed by atoms with Gasteiger partial charge >= 0.3 is 12.0 Å². The molecule has 0 aromatic carbocycles. The second kappa shape index (κ2) is 12.3. The van der Waals surface area contributed by atoms with Gasteiger partial charge in [0.1, 0.15) is 0 Å². The minimum atomic E-state index is -0.859. The van der Waals surface area contributed by atoms with Gasteiger partial charge in [0.15, 0.2) is 5.12 Å². The zero-order valence-corrected chi connectivity index (χ0v) is 18.8. The smallest absolute Gasteiger partial charge is 0.317 e. The van der Waals surface area contributed by atoms with E-state index in [1.165, 1.54) is 57.2 Å². The Kier molecular flexibility index (Phi) is 10.9. The number of carbonyl (C=O) groups is 3. The molecule has 2 N–H and O–H groups in total. The van der Waals surface area contributed by atoms with E-state index in [0.717, 1.165) is 6.42 Å². The van der Waals surface area contributed by atoms with Gasteiger partial charge in [-0.2, -0.15) is 0 Å². The van der Waals surface area contributed by atoms with Gasteiger partial charge in [0, 0.05) is 32.3 Å². The van der Waals surface area contributed by atoms with E-state index < -0.39 is 17.3 Å². The van der Waals surface area contributed by atoms with E-state index in [2.05, 4.69) is 5.32 Å². The normalized spacial score (nSPS) is 16.9. The Morgan fingerprint density at radius 1 is 1.14 bits per heavy atom. The van der Waals surface area contributed by atoms with Crippen molar-refractivity contribution in [2.45, 2.75) is 72.6 Å². The van der Waals surface area contributed by atoms with E-state index in [9.17, 15) is 19.5 Å². The lowest BCUT2D eigenvalue weighted by atomic mass is 9.80. The molecular weight excluding hydrogens is 376 g/mol. The minimum absolute atomic E-state index is 0.0561. The van der Waals surface area contributed by atoms with Crippen LogP contribution in [0.1, 0.15) is 72.6 Å². The third kappa shape index (κ3) is 9.30. The second-order valence-corrected chi connectivity index (χ2v) is 9.95. The lowest BCUT2D eigenvalue weighted by molar-refractivity contribution is -0.144. The van der Waals surface area contributed by atoms with E-state index in [1.54, 1.807) is 11.8 Å². The summed E-state index contributed by atoms with van der Waals surface area (Å²) in [4.78, 5) is 37.1. The fourth-order valence-corrected chi connectivity index (χ4v) is 4.11. The number of carbonyl (C=O) groups excluding carboxylic acids is 2. The maximum atomic E-state index is 12.8. The molecule has 1 atom stereocenters. The first-order valence-electron chi connectivity index (χ1n) is 10.5. The van der Waals surface area contributed by atoms with E-state index in [4.69, 9.17) is 0 Å². The van der Waals surface area contributed by atoms with Gasteiger partial charge in [0.2, 0.25) is 0 Å². The van der Waals surface area contributed by atoms with Crippen LogP contribution in [0.25, 0.3) is 0 Å². The average Bonchev–Trinajstić information content (AvgIpc) is 2.90. The number of amides is 2. The summed E-state index contributed by atoms with van der Waals surface area (Å²) in [5, 5.41) is 12.2. The number of carboxylic acids is 1. The van der Waals surface area contributed by atoms with Crippen molar-refractivity contribution in [3.63, 3.8) is 0 Å². The molecule has 1 aliphatic carbocycles. The molecule has 0 spiro atoms. The number of hydrogen-bond acceptors (Lipinski definition) is 4. The standard InChI is InChI=1S/C21H38N2O4S/c1-16(19(25)26)21(3,4)15-22-20(27)23(13-14-28-17(2)24)12-11-18-9-7-5-6-8-10-18/h16,18H,5-15H2,1-4H3,(H,22,27)(H,25,26)/t16-/m1/s1. The quantitative estimate of drug-likeness (QED) is 0.518. The van der Waals surface area contributed by atoms with Gasteiger partial charge in [-0.25, -0.2) is 4.79 Å². The van der Waals surface area contributed by atoms with Gasteiger partial charge in [-0.15, -0.1) is 0 Å². The van der Waals surface area contributed by atoms with Crippen molar-refractivity contribution in [1.29, 1.82) is 0 Å². The SMILES string of the molecule is CC(=O)SCCN(CCC1CCCCCC1)C(=O)NCC(C)(C)[C@H](C)C(=O)O. The fraction of sp³-hybridized carbons (Fsp3) is 0.857. The van der Waals surface area contributed by atoms with Crippen LogP contribution in [0.5, 0.6) is 0 Å². The first kappa shape index (κ1) is 24.8. The van der Waals surface area contributed by atoms with Gasteiger partial charge in [-0.05, 0) is 17.8 Å². The Morgan fingerprint density at radius 3 is 2.29 bits per heavy atom. The monoisotopic (exact) mass is 414 g/mol. The molecule has 0 unspecified atom stereocenters. The zero-order valence-electron chi connectivity index (χ0n) is 18.0. The predicted molar refractivity (Wildman–Crippen MR) is 115 cm³/mol. The molecule has 0 radical (unpaired) electrons. The molecule has 1 saturated carbocycles. The van der Waals surface area contributed by atoms with Crippen molar-refractivity contribution in [1.82, 2.24) is 10.2 Å². The Morgan fingerprint density at radius 2 is 1.75 bits per heavy atom. The Labute approximate surface area is 174 Å². The second-order valence-electron chi connectivity index (χ2n) is 8.68. The lowest BCUT2D eigenvalue weighted by Crippen LogP contribution is -2.47. The van der Waals surface area contributed by atoms with Crippen LogP contribution in [-0.2, 0) is 9.59 Å². The molecule has 162 valence electrons. The van der Waals surface area contributed by atoms with Crippen LogP contribution in [0, 0.1) is 17.3 Å². The first-order valence-corrected chi connectivity index (χ1v) is 11.5. The van der Waals surface area contributed by atoms with Crippen molar-refractivity contribution >= 4 is 28.9 Å². The number of urea groups is 1. The molecular formula is C21H38N2O4S. The Hall–Kier alpha value is -1.24. The topological polar surface area (TPSA) is 86.7 Å². The average molecular weight is 415 g/mol. The van der Waals surface area contributed by atoms with Crippen LogP contribution in [0.4, 0.5) is 4.79 Å². The highest BCUT2D eigenvalue weighted by atomic mass is 32.2. The molecule has 0 heterocycles. The molecule has 7 heteroatoms. The highest BCUT2D eigenvalue weighted by Crippen LogP contribution is 2.27. The minimum Gasteiger partial charge on any atom is -0.481 e. The van der Waals surface area contributed by atoms with E-state index >= 15 is 0 Å².